The van der Waals surface area contributed by atoms with Gasteiger partial charge in [-0.05, 0) is 30.9 Å². The van der Waals surface area contributed by atoms with Crippen molar-refractivity contribution in [2.45, 2.75) is 25.7 Å². The van der Waals surface area contributed by atoms with Gasteiger partial charge in [0.2, 0.25) is 5.88 Å². The molecule has 0 unspecified atom stereocenters. The number of ether oxygens (including phenoxy) is 1. The van der Waals surface area contributed by atoms with Crippen molar-refractivity contribution < 1.29 is 4.74 Å². The fourth-order valence-electron chi connectivity index (χ4n) is 1.64. The molecule has 0 aliphatic rings. The van der Waals surface area contributed by atoms with E-state index in [0.29, 0.717) is 11.6 Å². The molecule has 0 atom stereocenters. The van der Waals surface area contributed by atoms with E-state index in [1.165, 1.54) is 25.0 Å². The van der Waals surface area contributed by atoms with Crippen LogP contribution in [0.2, 0.25) is 0 Å². The normalized spacial score (nSPS) is 10.3. The highest BCUT2D eigenvalue weighted by molar-refractivity contribution is 7.98. The maximum Gasteiger partial charge on any atom is 0.215 e. The van der Waals surface area contributed by atoms with E-state index in [4.69, 9.17) is 10.5 Å². The van der Waals surface area contributed by atoms with Crippen LogP contribution in [0.25, 0.3) is 0 Å². The van der Waals surface area contributed by atoms with Crippen molar-refractivity contribution in [3.63, 3.8) is 0 Å². The van der Waals surface area contributed by atoms with E-state index in [1.807, 2.05) is 17.8 Å². The number of pyridine rings is 1. The number of anilines is 2. The van der Waals surface area contributed by atoms with Gasteiger partial charge in [-0.15, -0.1) is 0 Å². The van der Waals surface area contributed by atoms with Gasteiger partial charge < -0.3 is 15.8 Å². The minimum absolute atomic E-state index is 0.590. The zero-order chi connectivity index (χ0) is 13.2. The molecule has 4 nitrogen and oxygen atoms in total. The lowest BCUT2D eigenvalue weighted by Crippen LogP contribution is -2.06. The van der Waals surface area contributed by atoms with Gasteiger partial charge in [0, 0.05) is 12.6 Å². The van der Waals surface area contributed by atoms with Crippen LogP contribution >= 0.6 is 11.8 Å². The molecule has 5 heteroatoms. The first-order chi connectivity index (χ1) is 8.77. The van der Waals surface area contributed by atoms with E-state index < -0.39 is 0 Å². The number of nitrogens with two attached hydrogens (primary N) is 1. The molecule has 1 heterocycles. The smallest absolute Gasteiger partial charge is 0.215 e. The van der Waals surface area contributed by atoms with Crippen molar-refractivity contribution in [3.8, 4) is 5.88 Å². The Bertz CT molecular complexity index is 347. The lowest BCUT2D eigenvalue weighted by Gasteiger charge is -2.09. The number of rotatable bonds is 9. The second kappa shape index (κ2) is 8.91. The molecule has 0 radical (unpaired) electrons. The third-order valence-corrected chi connectivity index (χ3v) is 3.37. The number of nitrogen functional groups attached to an aromatic ring is 1. The van der Waals surface area contributed by atoms with Crippen LogP contribution in [0, 0.1) is 0 Å². The fourth-order valence-corrected chi connectivity index (χ4v) is 2.13. The first-order valence-electron chi connectivity index (χ1n) is 6.31. The van der Waals surface area contributed by atoms with E-state index in [2.05, 4.69) is 16.6 Å². The third-order valence-electron chi connectivity index (χ3n) is 2.68. The van der Waals surface area contributed by atoms with Gasteiger partial charge in [-0.3, -0.25) is 0 Å². The van der Waals surface area contributed by atoms with Gasteiger partial charge in [0.05, 0.1) is 12.8 Å². The number of thioether (sulfide) groups is 1. The number of unbranched alkanes of at least 4 members (excludes halogenated alkanes) is 3. The van der Waals surface area contributed by atoms with Crippen LogP contribution < -0.4 is 15.8 Å². The quantitative estimate of drug-likeness (QED) is 0.675. The van der Waals surface area contributed by atoms with Crippen molar-refractivity contribution in [1.82, 2.24) is 4.98 Å². The van der Waals surface area contributed by atoms with Gasteiger partial charge >= 0.3 is 0 Å². The monoisotopic (exact) mass is 269 g/mol. The summed E-state index contributed by atoms with van der Waals surface area (Å²) in [5.74, 6) is 2.57. The average molecular weight is 269 g/mol. The molecule has 18 heavy (non-hydrogen) atoms. The Morgan fingerprint density at radius 2 is 2.06 bits per heavy atom. The van der Waals surface area contributed by atoms with Crippen molar-refractivity contribution in [1.29, 1.82) is 0 Å². The summed E-state index contributed by atoms with van der Waals surface area (Å²) in [4.78, 5) is 4.28. The first-order valence-corrected chi connectivity index (χ1v) is 7.70. The van der Waals surface area contributed by atoms with Crippen LogP contribution in [0.4, 0.5) is 11.5 Å². The predicted octanol–water partition coefficient (Wildman–Crippen LogP) is 3.01. The Balaban J connectivity index is 2.22. The molecule has 0 amide bonds. The Labute approximate surface area is 114 Å². The van der Waals surface area contributed by atoms with Gasteiger partial charge in [-0.2, -0.15) is 16.7 Å². The van der Waals surface area contributed by atoms with Crippen LogP contribution in [0.5, 0.6) is 5.88 Å². The molecule has 0 saturated carbocycles. The second-order valence-electron chi connectivity index (χ2n) is 4.13. The van der Waals surface area contributed by atoms with Gasteiger partial charge in [0.25, 0.3) is 0 Å². The minimum Gasteiger partial charge on any atom is -0.481 e. The molecule has 0 aliphatic heterocycles. The first kappa shape index (κ1) is 15.0. The largest absolute Gasteiger partial charge is 0.481 e. The Hall–Kier alpha value is -1.10. The lowest BCUT2D eigenvalue weighted by atomic mass is 10.2. The summed E-state index contributed by atoms with van der Waals surface area (Å²) in [6.45, 7) is 0.906. The average Bonchev–Trinajstić information content (AvgIpc) is 2.39. The Morgan fingerprint density at radius 3 is 2.78 bits per heavy atom. The van der Waals surface area contributed by atoms with Crippen LogP contribution in [-0.4, -0.2) is 30.6 Å². The van der Waals surface area contributed by atoms with Crippen molar-refractivity contribution in [2.24, 2.45) is 0 Å². The highest BCUT2D eigenvalue weighted by atomic mass is 32.2. The van der Waals surface area contributed by atoms with E-state index in [1.54, 1.807) is 13.2 Å². The zero-order valence-corrected chi connectivity index (χ0v) is 12.1. The molecule has 0 fully saturated rings. The Morgan fingerprint density at radius 1 is 1.28 bits per heavy atom. The second-order valence-corrected chi connectivity index (χ2v) is 5.11. The topological polar surface area (TPSA) is 60.2 Å². The summed E-state index contributed by atoms with van der Waals surface area (Å²) < 4.78 is 5.07. The summed E-state index contributed by atoms with van der Waals surface area (Å²) in [6.07, 6.45) is 7.15. The number of hydrogen-bond donors (Lipinski definition) is 2. The molecule has 0 aromatic carbocycles. The van der Waals surface area contributed by atoms with E-state index in [-0.39, 0.29) is 0 Å². The third kappa shape index (κ3) is 5.49. The number of nitrogens with zero attached hydrogens (tertiary/aromatic N) is 1. The minimum atomic E-state index is 0.590. The standard InChI is InChI=1S/C13H23N3OS/c1-17-12-8-7-11(14)13(16-12)15-9-5-3-4-6-10-18-2/h7-8H,3-6,9-10,14H2,1-2H3,(H,15,16). The number of aromatic nitrogens is 1. The summed E-state index contributed by atoms with van der Waals surface area (Å²) in [5.41, 5.74) is 6.51. The maximum atomic E-state index is 5.84. The van der Waals surface area contributed by atoms with E-state index >= 15 is 0 Å². The van der Waals surface area contributed by atoms with Crippen molar-refractivity contribution >= 4 is 23.3 Å². The molecule has 0 bridgehead atoms. The molecular weight excluding hydrogens is 246 g/mol. The number of methoxy groups -OCH3 is 1. The maximum absolute atomic E-state index is 5.84. The predicted molar refractivity (Wildman–Crippen MR) is 80.5 cm³/mol. The van der Waals surface area contributed by atoms with Crippen LogP contribution in [-0.2, 0) is 0 Å². The summed E-state index contributed by atoms with van der Waals surface area (Å²) in [7, 11) is 1.61. The van der Waals surface area contributed by atoms with E-state index in [0.717, 1.165) is 18.8 Å². The molecule has 1 aromatic rings. The van der Waals surface area contributed by atoms with Gasteiger partial charge in [0.1, 0.15) is 0 Å². The van der Waals surface area contributed by atoms with Crippen LogP contribution in [0.1, 0.15) is 25.7 Å². The summed E-state index contributed by atoms with van der Waals surface area (Å²) in [5, 5.41) is 3.26. The van der Waals surface area contributed by atoms with Gasteiger partial charge in [0.15, 0.2) is 5.82 Å². The van der Waals surface area contributed by atoms with Crippen molar-refractivity contribution in [3.05, 3.63) is 12.1 Å². The van der Waals surface area contributed by atoms with Crippen molar-refractivity contribution in [2.75, 3.05) is 36.7 Å². The molecule has 0 saturated heterocycles. The molecular formula is C13H23N3OS. The highest BCUT2D eigenvalue weighted by Crippen LogP contribution is 2.19. The number of hydrogen-bond acceptors (Lipinski definition) is 5. The van der Waals surface area contributed by atoms with Gasteiger partial charge in [-0.1, -0.05) is 12.8 Å². The van der Waals surface area contributed by atoms with E-state index in [9.17, 15) is 0 Å². The molecule has 0 aliphatic carbocycles. The number of nitrogens with one attached hydrogen (secondary N) is 1. The SMILES string of the molecule is COc1ccc(N)c(NCCCCCCSC)n1. The highest BCUT2D eigenvalue weighted by Gasteiger charge is 2.02. The molecule has 3 N–H and O–H groups in total. The van der Waals surface area contributed by atoms with Crippen LogP contribution in [0.15, 0.2) is 12.1 Å². The molecule has 0 spiro atoms. The summed E-state index contributed by atoms with van der Waals surface area (Å²) in [6, 6.07) is 3.58. The summed E-state index contributed by atoms with van der Waals surface area (Å²) >= 11 is 1.91. The zero-order valence-electron chi connectivity index (χ0n) is 11.2. The Kier molecular flexibility index (Phi) is 7.41. The molecule has 1 aromatic heterocycles. The van der Waals surface area contributed by atoms with Gasteiger partial charge in [-0.25, -0.2) is 0 Å². The lowest BCUT2D eigenvalue weighted by molar-refractivity contribution is 0.398. The molecule has 1 rings (SSSR count). The van der Waals surface area contributed by atoms with Crippen LogP contribution in [0.3, 0.4) is 0 Å². The molecule has 102 valence electrons. The fraction of sp³-hybridized carbons (Fsp3) is 0.615.